The van der Waals surface area contributed by atoms with E-state index < -0.39 is 41.8 Å². The molecule has 220 valence electrons. The van der Waals surface area contributed by atoms with E-state index in [1.54, 1.807) is 58.0 Å². The van der Waals surface area contributed by atoms with Crippen LogP contribution in [0.25, 0.3) is 0 Å². The first-order valence-corrected chi connectivity index (χ1v) is 13.6. The quantitative estimate of drug-likeness (QED) is 0.210. The lowest BCUT2D eigenvalue weighted by Crippen LogP contribution is -2.53. The molecule has 4 N–H and O–H groups in total. The van der Waals surface area contributed by atoms with Gasteiger partial charge in [0, 0.05) is 30.6 Å². The molecule has 4 amide bonds. The Hall–Kier alpha value is -4.48. The molecule has 41 heavy (non-hydrogen) atoms. The zero-order valence-corrected chi connectivity index (χ0v) is 23.6. The fourth-order valence-corrected chi connectivity index (χ4v) is 4.41. The van der Waals surface area contributed by atoms with Gasteiger partial charge in [-0.15, -0.1) is 0 Å². The molecule has 0 radical (unpaired) electrons. The van der Waals surface area contributed by atoms with Crippen LogP contribution in [-0.2, 0) is 23.9 Å². The maximum Gasteiger partial charge on any atom is 0.330 e. The molecule has 0 spiro atoms. The molecule has 0 aliphatic carbocycles. The number of carbonyl (C=O) groups is 5. The monoisotopic (exact) mass is 567 g/mol. The summed E-state index contributed by atoms with van der Waals surface area (Å²) < 4.78 is 9.91. The second kappa shape index (κ2) is 14.8. The van der Waals surface area contributed by atoms with Crippen LogP contribution in [0.2, 0.25) is 0 Å². The van der Waals surface area contributed by atoms with Gasteiger partial charge in [0.2, 0.25) is 17.7 Å². The number of ether oxygens (including phenoxy) is 1. The van der Waals surface area contributed by atoms with Gasteiger partial charge in [-0.1, -0.05) is 55.4 Å². The Morgan fingerprint density at radius 3 is 2.44 bits per heavy atom. The molecule has 1 aromatic carbocycles. The number of esters is 1. The number of hydrogen-bond donors (Lipinski definition) is 4. The summed E-state index contributed by atoms with van der Waals surface area (Å²) in [6.07, 6.45) is 3.55. The van der Waals surface area contributed by atoms with Gasteiger partial charge in [0.25, 0.3) is 5.91 Å². The maximum atomic E-state index is 13.7. The number of aryl methyl sites for hydroxylation is 1. The normalized spacial score (nSPS) is 17.0. The molecule has 1 saturated heterocycles. The van der Waals surface area contributed by atoms with E-state index in [4.69, 9.17) is 9.26 Å². The predicted molar refractivity (Wildman–Crippen MR) is 148 cm³/mol. The molecule has 0 saturated carbocycles. The van der Waals surface area contributed by atoms with Crippen molar-refractivity contribution in [1.29, 1.82) is 0 Å². The molecule has 3 rings (SSSR count). The first-order valence-electron chi connectivity index (χ1n) is 13.6. The second-order valence-corrected chi connectivity index (χ2v) is 10.1. The molecule has 2 aromatic rings. The third-order valence-electron chi connectivity index (χ3n) is 6.56. The molecule has 0 unspecified atom stereocenters. The van der Waals surface area contributed by atoms with E-state index in [1.165, 1.54) is 18.2 Å². The van der Waals surface area contributed by atoms with Gasteiger partial charge >= 0.3 is 5.97 Å². The number of nitrogens with zero attached hydrogens (tertiary/aromatic N) is 1. The molecule has 12 nitrogen and oxygen atoms in total. The predicted octanol–water partition coefficient (Wildman–Crippen LogP) is 1.73. The third-order valence-corrected chi connectivity index (χ3v) is 6.56. The summed E-state index contributed by atoms with van der Waals surface area (Å²) in [4.78, 5) is 64.0. The number of nitrogens with one attached hydrogen (secondary N) is 4. The molecule has 0 bridgehead atoms. The summed E-state index contributed by atoms with van der Waals surface area (Å²) in [5.74, 6) is -2.65. The van der Waals surface area contributed by atoms with Crippen molar-refractivity contribution in [3.63, 3.8) is 0 Å². The molecule has 1 aliphatic heterocycles. The molecule has 1 aromatic heterocycles. The van der Waals surface area contributed by atoms with Gasteiger partial charge in [0.1, 0.15) is 17.8 Å². The van der Waals surface area contributed by atoms with Crippen molar-refractivity contribution in [2.75, 3.05) is 13.2 Å². The van der Waals surface area contributed by atoms with Crippen molar-refractivity contribution in [3.8, 4) is 0 Å². The lowest BCUT2D eigenvalue weighted by atomic mass is 9.97. The molecule has 4 atom stereocenters. The van der Waals surface area contributed by atoms with Crippen molar-refractivity contribution in [3.05, 3.63) is 65.6 Å². The summed E-state index contributed by atoms with van der Waals surface area (Å²) >= 11 is 0. The van der Waals surface area contributed by atoms with E-state index in [0.29, 0.717) is 24.3 Å². The average Bonchev–Trinajstić information content (AvgIpc) is 3.56. The highest BCUT2D eigenvalue weighted by Gasteiger charge is 2.32. The van der Waals surface area contributed by atoms with Gasteiger partial charge in [0.15, 0.2) is 5.69 Å². The fourth-order valence-electron chi connectivity index (χ4n) is 4.41. The summed E-state index contributed by atoms with van der Waals surface area (Å²) in [6.45, 7) is 7.58. The summed E-state index contributed by atoms with van der Waals surface area (Å²) in [5, 5.41) is 14.8. The third kappa shape index (κ3) is 9.02. The van der Waals surface area contributed by atoms with Crippen LogP contribution >= 0.6 is 0 Å². The molecule has 12 heteroatoms. The Kier molecular flexibility index (Phi) is 11.2. The Balaban J connectivity index is 1.81. The molecular weight excluding hydrogens is 530 g/mol. The zero-order chi connectivity index (χ0) is 29.9. The summed E-state index contributed by atoms with van der Waals surface area (Å²) in [6, 6.07) is 7.28. The zero-order valence-electron chi connectivity index (χ0n) is 23.6. The first kappa shape index (κ1) is 31.1. The number of amides is 4. The summed E-state index contributed by atoms with van der Waals surface area (Å²) in [5.41, 5.74) is 0.538. The number of aromatic nitrogens is 1. The lowest BCUT2D eigenvalue weighted by molar-refractivity contribution is -0.137. The largest absolute Gasteiger partial charge is 0.463 e. The van der Waals surface area contributed by atoms with Gasteiger partial charge in [-0.05, 0) is 38.2 Å². The Bertz CT molecular complexity index is 1260. The van der Waals surface area contributed by atoms with Gasteiger partial charge < -0.3 is 30.5 Å². The average molecular weight is 568 g/mol. The highest BCUT2D eigenvalue weighted by Crippen LogP contribution is 2.19. The van der Waals surface area contributed by atoms with Gasteiger partial charge in [-0.3, -0.25) is 19.2 Å². The molecule has 1 fully saturated rings. The van der Waals surface area contributed by atoms with E-state index >= 15 is 0 Å². The molecule has 2 heterocycles. The van der Waals surface area contributed by atoms with E-state index in [1.807, 2.05) is 0 Å². The van der Waals surface area contributed by atoms with Crippen LogP contribution in [0, 0.1) is 18.8 Å². The Morgan fingerprint density at radius 2 is 1.85 bits per heavy atom. The minimum atomic E-state index is -1.13. The second-order valence-electron chi connectivity index (χ2n) is 10.1. The van der Waals surface area contributed by atoms with Crippen LogP contribution in [0.4, 0.5) is 0 Å². The highest BCUT2D eigenvalue weighted by atomic mass is 16.5. The van der Waals surface area contributed by atoms with Crippen molar-refractivity contribution in [1.82, 2.24) is 26.4 Å². The van der Waals surface area contributed by atoms with Crippen LogP contribution in [0.15, 0.2) is 53.1 Å². The van der Waals surface area contributed by atoms with E-state index in [2.05, 4.69) is 26.4 Å². The number of hydrogen-bond acceptors (Lipinski definition) is 8. The van der Waals surface area contributed by atoms with Gasteiger partial charge in [-0.2, -0.15) is 0 Å². The lowest BCUT2D eigenvalue weighted by Gasteiger charge is -2.27. The maximum absolute atomic E-state index is 13.7. The van der Waals surface area contributed by atoms with Crippen LogP contribution in [0.5, 0.6) is 0 Å². The van der Waals surface area contributed by atoms with Crippen LogP contribution < -0.4 is 21.3 Å². The van der Waals surface area contributed by atoms with Crippen LogP contribution in [-0.4, -0.2) is 60.0 Å². The van der Waals surface area contributed by atoms with Crippen molar-refractivity contribution in [2.24, 2.45) is 11.8 Å². The van der Waals surface area contributed by atoms with E-state index in [9.17, 15) is 24.0 Å². The standard InChI is InChI=1S/C29H37N5O7/c1-5-40-23(35)12-11-21(16-20-13-14-30-26(20)36)31-29(39)25(19-9-7-6-8-10-19)33-28(38)24(17(2)3)32-27(37)22-15-18(4)41-34-22/h6-12,15,17,20-21,24-25H,5,13-14,16H2,1-4H3,(H,30,36)(H,31,39)(H,32,37)(H,33,38)/b12-11+/t20-,21+,24-,25-/m0/s1. The topological polar surface area (TPSA) is 169 Å². The van der Waals surface area contributed by atoms with Crippen molar-refractivity contribution < 1.29 is 33.2 Å². The van der Waals surface area contributed by atoms with Gasteiger partial charge in [-0.25, -0.2) is 4.79 Å². The van der Waals surface area contributed by atoms with Crippen molar-refractivity contribution >= 4 is 29.6 Å². The smallest absolute Gasteiger partial charge is 0.330 e. The Morgan fingerprint density at radius 1 is 1.12 bits per heavy atom. The number of benzene rings is 1. The number of carbonyl (C=O) groups excluding carboxylic acids is 5. The number of rotatable bonds is 13. The van der Waals surface area contributed by atoms with Crippen molar-refractivity contribution in [2.45, 2.75) is 58.7 Å². The van der Waals surface area contributed by atoms with Gasteiger partial charge in [0.05, 0.1) is 6.61 Å². The minimum Gasteiger partial charge on any atom is -0.463 e. The fraction of sp³-hybridized carbons (Fsp3) is 0.448. The van der Waals surface area contributed by atoms with E-state index in [-0.39, 0.29) is 36.5 Å². The Labute approximate surface area is 238 Å². The molecular formula is C29H37N5O7. The van der Waals surface area contributed by atoms with Crippen LogP contribution in [0.3, 0.4) is 0 Å². The van der Waals surface area contributed by atoms with E-state index in [0.717, 1.165) is 0 Å². The summed E-state index contributed by atoms with van der Waals surface area (Å²) in [7, 11) is 0. The first-order chi connectivity index (χ1) is 19.6. The molecule has 1 aliphatic rings. The minimum absolute atomic E-state index is 0.0329. The highest BCUT2D eigenvalue weighted by molar-refractivity contribution is 5.97. The SMILES string of the molecule is CCOC(=O)/C=C/[C@H](C[C@@H]1CCNC1=O)NC(=O)[C@@H](NC(=O)[C@@H](NC(=O)c1cc(C)on1)C(C)C)c1ccccc1. The van der Waals surface area contributed by atoms with Crippen LogP contribution in [0.1, 0.15) is 61.5 Å².